The maximum atomic E-state index is 14.6. The maximum Gasteiger partial charge on any atom is 0.144 e. The van der Waals surface area contributed by atoms with Crippen molar-refractivity contribution in [2.24, 2.45) is 5.16 Å². The molecule has 0 bridgehead atoms. The molecule has 1 aliphatic rings. The van der Waals surface area contributed by atoms with Gasteiger partial charge in [0, 0.05) is 33.6 Å². The molecular formula is C24H22FN3O2. The highest BCUT2D eigenvalue weighted by molar-refractivity contribution is 6.14. The molecule has 4 aromatic rings. The third-order valence-electron chi connectivity index (χ3n) is 5.84. The average Bonchev–Trinajstić information content (AvgIpc) is 3.22. The second-order valence-electron chi connectivity index (χ2n) is 8.19. The number of nitrogens with one attached hydrogen (secondary N) is 1. The zero-order chi connectivity index (χ0) is 21.0. The molecule has 1 aliphatic heterocycles. The molecule has 6 heteroatoms. The molecule has 1 atom stereocenters. The van der Waals surface area contributed by atoms with Gasteiger partial charge in [-0.3, -0.25) is 4.98 Å². The van der Waals surface area contributed by atoms with Gasteiger partial charge in [0.1, 0.15) is 17.2 Å². The van der Waals surface area contributed by atoms with Gasteiger partial charge in [0.15, 0.2) is 0 Å². The molecule has 2 aromatic heterocycles. The second kappa shape index (κ2) is 6.55. The summed E-state index contributed by atoms with van der Waals surface area (Å²) >= 11 is 0. The van der Waals surface area contributed by atoms with E-state index >= 15 is 0 Å². The molecule has 5 rings (SSSR count). The lowest BCUT2D eigenvalue weighted by Gasteiger charge is -2.26. The van der Waals surface area contributed by atoms with E-state index in [-0.39, 0.29) is 11.7 Å². The molecule has 0 saturated heterocycles. The number of halogens is 1. The van der Waals surface area contributed by atoms with E-state index in [1.54, 1.807) is 25.4 Å². The van der Waals surface area contributed by atoms with Gasteiger partial charge >= 0.3 is 0 Å². The normalized spacial score (nSPS) is 17.9. The van der Waals surface area contributed by atoms with E-state index in [1.807, 2.05) is 39.0 Å². The van der Waals surface area contributed by atoms with Gasteiger partial charge in [0.25, 0.3) is 0 Å². The zero-order valence-corrected chi connectivity index (χ0v) is 17.3. The van der Waals surface area contributed by atoms with Crippen molar-refractivity contribution in [3.05, 3.63) is 60.0 Å². The van der Waals surface area contributed by atoms with Crippen molar-refractivity contribution in [1.29, 1.82) is 0 Å². The summed E-state index contributed by atoms with van der Waals surface area (Å²) in [6.07, 6.45) is 1.70. The van der Waals surface area contributed by atoms with E-state index in [1.165, 1.54) is 6.07 Å². The van der Waals surface area contributed by atoms with Crippen LogP contribution in [-0.2, 0) is 4.84 Å². The zero-order valence-electron chi connectivity index (χ0n) is 17.3. The fourth-order valence-corrected chi connectivity index (χ4v) is 4.55. The van der Waals surface area contributed by atoms with Gasteiger partial charge in [-0.15, -0.1) is 0 Å². The van der Waals surface area contributed by atoms with E-state index in [0.29, 0.717) is 11.3 Å². The molecule has 152 valence electrons. The number of aromatic amines is 1. The fourth-order valence-electron chi connectivity index (χ4n) is 4.55. The standard InChI is InChI=1S/C24H22FN3O2/c1-13-22(24(2,3)30-28-13)16-11-19-15(12-20(16)29-4)21-18(27-19)9-10-26-23(21)14-7-5-6-8-17(14)25/h5-12,22,27H,1-4H3. The van der Waals surface area contributed by atoms with Crippen LogP contribution >= 0.6 is 0 Å². The lowest BCUT2D eigenvalue weighted by molar-refractivity contribution is 0.00156. The first-order valence-corrected chi connectivity index (χ1v) is 9.86. The minimum Gasteiger partial charge on any atom is -0.496 e. The van der Waals surface area contributed by atoms with Crippen molar-refractivity contribution in [1.82, 2.24) is 9.97 Å². The van der Waals surface area contributed by atoms with Gasteiger partial charge in [-0.25, -0.2) is 4.39 Å². The van der Waals surface area contributed by atoms with E-state index < -0.39 is 5.60 Å². The Balaban J connectivity index is 1.80. The van der Waals surface area contributed by atoms with E-state index in [2.05, 4.69) is 21.2 Å². The van der Waals surface area contributed by atoms with Gasteiger partial charge < -0.3 is 14.6 Å². The molecule has 0 radical (unpaired) electrons. The van der Waals surface area contributed by atoms with Crippen molar-refractivity contribution in [2.75, 3.05) is 7.11 Å². The number of benzene rings is 2. The SMILES string of the molecule is COc1cc2c(cc1C1C(C)=NOC1(C)C)[nH]c1ccnc(-c3ccccc3F)c12. The topological polar surface area (TPSA) is 59.5 Å². The molecule has 0 amide bonds. The number of hydrogen-bond acceptors (Lipinski definition) is 4. The quantitative estimate of drug-likeness (QED) is 0.470. The van der Waals surface area contributed by atoms with Gasteiger partial charge in [0.2, 0.25) is 0 Å². The van der Waals surface area contributed by atoms with E-state index in [4.69, 9.17) is 9.57 Å². The Labute approximate surface area is 173 Å². The van der Waals surface area contributed by atoms with Crippen LogP contribution in [0.15, 0.2) is 53.8 Å². The van der Waals surface area contributed by atoms with Crippen molar-refractivity contribution in [2.45, 2.75) is 32.3 Å². The van der Waals surface area contributed by atoms with Crippen LogP contribution in [0.4, 0.5) is 4.39 Å². The van der Waals surface area contributed by atoms with Crippen molar-refractivity contribution < 1.29 is 14.0 Å². The molecule has 30 heavy (non-hydrogen) atoms. The van der Waals surface area contributed by atoms with E-state index in [9.17, 15) is 4.39 Å². The second-order valence-corrected chi connectivity index (χ2v) is 8.19. The van der Waals surface area contributed by atoms with Crippen LogP contribution in [0, 0.1) is 5.82 Å². The number of hydrogen-bond donors (Lipinski definition) is 1. The predicted molar refractivity (Wildman–Crippen MR) is 117 cm³/mol. The molecule has 5 nitrogen and oxygen atoms in total. The van der Waals surface area contributed by atoms with Crippen LogP contribution in [0.3, 0.4) is 0 Å². The van der Waals surface area contributed by atoms with Crippen LogP contribution < -0.4 is 4.74 Å². The van der Waals surface area contributed by atoms with Crippen LogP contribution in [0.2, 0.25) is 0 Å². The Bertz CT molecular complexity index is 1320. The Morgan fingerprint density at radius 3 is 2.63 bits per heavy atom. The number of methoxy groups -OCH3 is 1. The Morgan fingerprint density at radius 1 is 1.13 bits per heavy atom. The van der Waals surface area contributed by atoms with Crippen LogP contribution in [0.25, 0.3) is 33.1 Å². The summed E-state index contributed by atoms with van der Waals surface area (Å²) in [6.45, 7) is 6.01. The number of aromatic nitrogens is 2. The van der Waals surface area contributed by atoms with Gasteiger partial charge in [-0.2, -0.15) is 0 Å². The number of fused-ring (bicyclic) bond motifs is 3. The molecule has 1 N–H and O–H groups in total. The molecule has 0 spiro atoms. The van der Waals surface area contributed by atoms with Crippen LogP contribution in [-0.4, -0.2) is 28.4 Å². The van der Waals surface area contributed by atoms with Crippen molar-refractivity contribution in [3.63, 3.8) is 0 Å². The highest BCUT2D eigenvalue weighted by Crippen LogP contribution is 2.44. The highest BCUT2D eigenvalue weighted by atomic mass is 19.1. The Kier molecular flexibility index (Phi) is 4.07. The minimum absolute atomic E-state index is 0.0348. The third kappa shape index (κ3) is 2.67. The number of H-pyrrole nitrogens is 1. The number of oxime groups is 1. The first-order valence-electron chi connectivity index (χ1n) is 9.86. The number of ether oxygens (including phenoxy) is 1. The van der Waals surface area contributed by atoms with Crippen LogP contribution in [0.5, 0.6) is 5.75 Å². The third-order valence-corrected chi connectivity index (χ3v) is 5.84. The first-order chi connectivity index (χ1) is 14.4. The van der Waals surface area contributed by atoms with E-state index in [0.717, 1.165) is 38.8 Å². The highest BCUT2D eigenvalue weighted by Gasteiger charge is 2.42. The summed E-state index contributed by atoms with van der Waals surface area (Å²) in [5.41, 5.74) is 4.33. The summed E-state index contributed by atoms with van der Waals surface area (Å²) in [6, 6.07) is 12.7. The molecular weight excluding hydrogens is 381 g/mol. The lowest BCUT2D eigenvalue weighted by atomic mass is 9.81. The van der Waals surface area contributed by atoms with Gasteiger partial charge in [-0.1, -0.05) is 17.3 Å². The summed E-state index contributed by atoms with van der Waals surface area (Å²) < 4.78 is 20.3. The monoisotopic (exact) mass is 403 g/mol. The predicted octanol–water partition coefficient (Wildman–Crippen LogP) is 5.80. The largest absolute Gasteiger partial charge is 0.496 e. The summed E-state index contributed by atoms with van der Waals surface area (Å²) in [4.78, 5) is 13.6. The Morgan fingerprint density at radius 2 is 1.93 bits per heavy atom. The smallest absolute Gasteiger partial charge is 0.144 e. The molecule has 1 unspecified atom stereocenters. The minimum atomic E-state index is -0.475. The first kappa shape index (κ1) is 18.6. The maximum absolute atomic E-state index is 14.6. The molecule has 0 aliphatic carbocycles. The molecule has 0 fully saturated rings. The Hall–Kier alpha value is -3.41. The average molecular weight is 403 g/mol. The van der Waals surface area contributed by atoms with Gasteiger partial charge in [-0.05, 0) is 51.1 Å². The molecule has 3 heterocycles. The molecule has 0 saturated carbocycles. The fraction of sp³-hybridized carbons (Fsp3) is 0.250. The van der Waals surface area contributed by atoms with Gasteiger partial charge in [0.05, 0.1) is 30.0 Å². The van der Waals surface area contributed by atoms with Crippen molar-refractivity contribution in [3.8, 4) is 17.0 Å². The number of nitrogens with zero attached hydrogens (tertiary/aromatic N) is 2. The summed E-state index contributed by atoms with van der Waals surface area (Å²) in [5.74, 6) is 0.407. The lowest BCUT2D eigenvalue weighted by Crippen LogP contribution is -2.30. The summed E-state index contributed by atoms with van der Waals surface area (Å²) in [5, 5.41) is 6.01. The van der Waals surface area contributed by atoms with Crippen LogP contribution in [0.1, 0.15) is 32.3 Å². The summed E-state index contributed by atoms with van der Waals surface area (Å²) in [7, 11) is 1.66. The van der Waals surface area contributed by atoms with Crippen molar-refractivity contribution >= 4 is 27.5 Å². The molecule has 2 aromatic carbocycles. The number of pyridine rings is 1. The number of rotatable bonds is 3.